The Morgan fingerprint density at radius 2 is 2.26 bits per heavy atom. The first kappa shape index (κ1) is 14.0. The van der Waals surface area contributed by atoms with Crippen LogP contribution in [0.1, 0.15) is 32.9 Å². The Kier molecular flexibility index (Phi) is 4.50. The molecule has 0 radical (unpaired) electrons. The van der Waals surface area contributed by atoms with Gasteiger partial charge in [0.15, 0.2) is 0 Å². The van der Waals surface area contributed by atoms with Gasteiger partial charge >= 0.3 is 0 Å². The van der Waals surface area contributed by atoms with Gasteiger partial charge in [0, 0.05) is 22.3 Å². The van der Waals surface area contributed by atoms with E-state index in [9.17, 15) is 4.79 Å². The minimum absolute atomic E-state index is 0.148. The molecular formula is C13H14ClN3OS. The van der Waals surface area contributed by atoms with E-state index < -0.39 is 0 Å². The van der Waals surface area contributed by atoms with Gasteiger partial charge in [0.25, 0.3) is 5.91 Å². The second-order valence-electron chi connectivity index (χ2n) is 4.05. The van der Waals surface area contributed by atoms with E-state index in [1.165, 1.54) is 0 Å². The SMILES string of the molecule is CCc1cc(C(=O)NCc2cnc(C)s2)cc(Cl)n1. The lowest BCUT2D eigenvalue weighted by atomic mass is 10.2. The summed E-state index contributed by atoms with van der Waals surface area (Å²) < 4.78 is 0. The number of pyridine rings is 1. The number of nitrogens with zero attached hydrogens (tertiary/aromatic N) is 2. The number of aryl methyl sites for hydroxylation is 2. The molecule has 100 valence electrons. The molecule has 0 saturated carbocycles. The van der Waals surface area contributed by atoms with Crippen molar-refractivity contribution in [3.05, 3.63) is 44.6 Å². The lowest BCUT2D eigenvalue weighted by Crippen LogP contribution is -2.22. The quantitative estimate of drug-likeness (QED) is 0.882. The Bertz CT molecular complexity index is 597. The van der Waals surface area contributed by atoms with Gasteiger partial charge in [-0.15, -0.1) is 11.3 Å². The van der Waals surface area contributed by atoms with E-state index in [2.05, 4.69) is 15.3 Å². The van der Waals surface area contributed by atoms with Crippen LogP contribution in [0.2, 0.25) is 5.15 Å². The first-order chi connectivity index (χ1) is 9.08. The van der Waals surface area contributed by atoms with Crippen molar-refractivity contribution in [2.45, 2.75) is 26.8 Å². The number of thiazole rings is 1. The summed E-state index contributed by atoms with van der Waals surface area (Å²) in [7, 11) is 0. The summed E-state index contributed by atoms with van der Waals surface area (Å²) in [6.07, 6.45) is 2.52. The van der Waals surface area contributed by atoms with Crippen molar-refractivity contribution in [1.82, 2.24) is 15.3 Å². The van der Waals surface area contributed by atoms with E-state index in [1.807, 2.05) is 13.8 Å². The molecule has 19 heavy (non-hydrogen) atoms. The van der Waals surface area contributed by atoms with Crippen LogP contribution < -0.4 is 5.32 Å². The first-order valence-corrected chi connectivity index (χ1v) is 7.14. The van der Waals surface area contributed by atoms with Gasteiger partial charge in [-0.3, -0.25) is 4.79 Å². The maximum atomic E-state index is 12.0. The second-order valence-corrected chi connectivity index (χ2v) is 5.76. The highest BCUT2D eigenvalue weighted by atomic mass is 35.5. The highest BCUT2D eigenvalue weighted by Crippen LogP contribution is 2.13. The van der Waals surface area contributed by atoms with Gasteiger partial charge in [-0.05, 0) is 25.5 Å². The van der Waals surface area contributed by atoms with Gasteiger partial charge in [-0.2, -0.15) is 0 Å². The molecule has 1 N–H and O–H groups in total. The fourth-order valence-corrected chi connectivity index (χ4v) is 2.58. The van der Waals surface area contributed by atoms with E-state index in [0.717, 1.165) is 22.0 Å². The number of hydrogen-bond acceptors (Lipinski definition) is 4. The third-order valence-electron chi connectivity index (χ3n) is 2.56. The largest absolute Gasteiger partial charge is 0.347 e. The number of hydrogen-bond donors (Lipinski definition) is 1. The molecule has 2 rings (SSSR count). The molecule has 0 spiro atoms. The zero-order chi connectivity index (χ0) is 13.8. The minimum atomic E-state index is -0.148. The molecule has 0 aliphatic heterocycles. The molecule has 4 nitrogen and oxygen atoms in total. The maximum absolute atomic E-state index is 12.0. The van der Waals surface area contributed by atoms with Crippen molar-refractivity contribution in [3.8, 4) is 0 Å². The summed E-state index contributed by atoms with van der Waals surface area (Å²) >= 11 is 7.47. The van der Waals surface area contributed by atoms with Crippen LogP contribution in [0.15, 0.2) is 18.3 Å². The van der Waals surface area contributed by atoms with Gasteiger partial charge in [0.1, 0.15) is 5.15 Å². The molecule has 2 aromatic heterocycles. The molecule has 0 bridgehead atoms. The predicted molar refractivity (Wildman–Crippen MR) is 76.6 cm³/mol. The lowest BCUT2D eigenvalue weighted by Gasteiger charge is -2.05. The molecule has 0 aromatic carbocycles. The van der Waals surface area contributed by atoms with Crippen LogP contribution in [0.3, 0.4) is 0 Å². The normalized spacial score (nSPS) is 10.5. The van der Waals surface area contributed by atoms with Gasteiger partial charge in [0.05, 0.1) is 11.6 Å². The van der Waals surface area contributed by atoms with Crippen molar-refractivity contribution >= 4 is 28.8 Å². The average molecular weight is 296 g/mol. The molecule has 0 saturated heterocycles. The molecule has 2 aromatic rings. The third kappa shape index (κ3) is 3.75. The van der Waals surface area contributed by atoms with Gasteiger partial charge < -0.3 is 5.32 Å². The topological polar surface area (TPSA) is 54.9 Å². The van der Waals surface area contributed by atoms with Crippen molar-refractivity contribution in [2.24, 2.45) is 0 Å². The lowest BCUT2D eigenvalue weighted by molar-refractivity contribution is 0.0951. The van der Waals surface area contributed by atoms with E-state index in [-0.39, 0.29) is 5.91 Å². The van der Waals surface area contributed by atoms with Crippen molar-refractivity contribution in [2.75, 3.05) is 0 Å². The summed E-state index contributed by atoms with van der Waals surface area (Å²) in [5, 5.41) is 4.19. The Morgan fingerprint density at radius 1 is 1.47 bits per heavy atom. The summed E-state index contributed by atoms with van der Waals surface area (Å²) in [5.74, 6) is -0.148. The van der Waals surface area contributed by atoms with E-state index in [1.54, 1.807) is 29.7 Å². The molecule has 0 fully saturated rings. The maximum Gasteiger partial charge on any atom is 0.251 e. The van der Waals surface area contributed by atoms with E-state index >= 15 is 0 Å². The highest BCUT2D eigenvalue weighted by molar-refractivity contribution is 7.11. The summed E-state index contributed by atoms with van der Waals surface area (Å²) in [6.45, 7) is 4.39. The average Bonchev–Trinajstić information content (AvgIpc) is 2.81. The van der Waals surface area contributed by atoms with Crippen LogP contribution in [0, 0.1) is 6.92 Å². The molecule has 6 heteroatoms. The van der Waals surface area contributed by atoms with Gasteiger partial charge in [0.2, 0.25) is 0 Å². The Labute approximate surface area is 120 Å². The number of rotatable bonds is 4. The molecular weight excluding hydrogens is 282 g/mol. The standard InChI is InChI=1S/C13H14ClN3OS/c1-3-10-4-9(5-12(14)17-10)13(18)16-7-11-6-15-8(2)19-11/h4-6H,3,7H2,1-2H3,(H,16,18). The highest BCUT2D eigenvalue weighted by Gasteiger charge is 2.09. The van der Waals surface area contributed by atoms with E-state index in [0.29, 0.717) is 17.3 Å². The Balaban J connectivity index is 2.05. The second kappa shape index (κ2) is 6.12. The monoisotopic (exact) mass is 295 g/mol. The molecule has 0 atom stereocenters. The van der Waals surface area contributed by atoms with Crippen molar-refractivity contribution < 1.29 is 4.79 Å². The van der Waals surface area contributed by atoms with Crippen LogP contribution in [-0.2, 0) is 13.0 Å². The van der Waals surface area contributed by atoms with Crippen LogP contribution in [0.25, 0.3) is 0 Å². The summed E-state index contributed by atoms with van der Waals surface area (Å²) in [6, 6.07) is 3.34. The van der Waals surface area contributed by atoms with Gasteiger partial charge in [-0.25, -0.2) is 9.97 Å². The number of halogens is 1. The number of aromatic nitrogens is 2. The van der Waals surface area contributed by atoms with Crippen molar-refractivity contribution in [1.29, 1.82) is 0 Å². The number of nitrogens with one attached hydrogen (secondary N) is 1. The Morgan fingerprint density at radius 3 is 2.89 bits per heavy atom. The first-order valence-electron chi connectivity index (χ1n) is 5.94. The molecule has 2 heterocycles. The molecule has 0 aliphatic carbocycles. The van der Waals surface area contributed by atoms with Crippen molar-refractivity contribution in [3.63, 3.8) is 0 Å². The zero-order valence-electron chi connectivity index (χ0n) is 10.7. The molecule has 1 amide bonds. The molecule has 0 aliphatic rings. The predicted octanol–water partition coefficient (Wildman–Crippen LogP) is 2.99. The third-order valence-corrected chi connectivity index (χ3v) is 3.67. The zero-order valence-corrected chi connectivity index (χ0v) is 12.3. The summed E-state index contributed by atoms with van der Waals surface area (Å²) in [4.78, 5) is 21.3. The fourth-order valence-electron chi connectivity index (χ4n) is 1.62. The Hall–Kier alpha value is -1.46. The number of carbonyl (C=O) groups is 1. The number of carbonyl (C=O) groups excluding carboxylic acids is 1. The van der Waals surface area contributed by atoms with Crippen LogP contribution in [0.4, 0.5) is 0 Å². The molecule has 0 unspecified atom stereocenters. The van der Waals surface area contributed by atoms with Crippen LogP contribution in [0.5, 0.6) is 0 Å². The number of amides is 1. The van der Waals surface area contributed by atoms with Crippen LogP contribution >= 0.6 is 22.9 Å². The fraction of sp³-hybridized carbons (Fsp3) is 0.308. The minimum Gasteiger partial charge on any atom is -0.347 e. The van der Waals surface area contributed by atoms with E-state index in [4.69, 9.17) is 11.6 Å². The van der Waals surface area contributed by atoms with Crippen LogP contribution in [-0.4, -0.2) is 15.9 Å². The smallest absolute Gasteiger partial charge is 0.251 e. The van der Waals surface area contributed by atoms with Gasteiger partial charge in [-0.1, -0.05) is 18.5 Å². The summed E-state index contributed by atoms with van der Waals surface area (Å²) in [5.41, 5.74) is 1.35.